The van der Waals surface area contributed by atoms with Crippen LogP contribution in [0.2, 0.25) is 0 Å². The summed E-state index contributed by atoms with van der Waals surface area (Å²) in [6.07, 6.45) is 3.17. The lowest BCUT2D eigenvalue weighted by molar-refractivity contribution is -0.116. The molecule has 0 aliphatic carbocycles. The van der Waals surface area contributed by atoms with E-state index in [1.54, 1.807) is 18.4 Å². The first-order chi connectivity index (χ1) is 14.6. The van der Waals surface area contributed by atoms with Crippen LogP contribution in [0.5, 0.6) is 5.75 Å². The monoisotopic (exact) mass is 422 g/mol. The summed E-state index contributed by atoms with van der Waals surface area (Å²) in [7, 11) is 0. The van der Waals surface area contributed by atoms with Gasteiger partial charge < -0.3 is 14.8 Å². The fourth-order valence-corrected chi connectivity index (χ4v) is 3.24. The molecule has 0 fully saturated rings. The standard InChI is InChI=1S/C23H22N2O4S/c1-2-28-23(27)20-16-30-22(25-20)14-24-21(26)12-11-17-9-6-10-19(13-17)29-15-18-7-4-3-5-8-18/h3-13,16H,2,14-15H2,1H3,(H,24,26)/b12-11+. The third kappa shape index (κ3) is 6.56. The number of carbonyl (C=O) groups is 2. The van der Waals surface area contributed by atoms with E-state index >= 15 is 0 Å². The number of aromatic nitrogens is 1. The topological polar surface area (TPSA) is 77.5 Å². The van der Waals surface area contributed by atoms with Crippen molar-refractivity contribution in [3.63, 3.8) is 0 Å². The Morgan fingerprint density at radius 1 is 1.13 bits per heavy atom. The number of carbonyl (C=O) groups excluding carboxylic acids is 2. The van der Waals surface area contributed by atoms with Crippen molar-refractivity contribution in [1.82, 2.24) is 10.3 Å². The van der Waals surface area contributed by atoms with Crippen LogP contribution in [0.15, 0.2) is 66.1 Å². The van der Waals surface area contributed by atoms with Crippen LogP contribution in [-0.2, 0) is 22.7 Å². The first-order valence-electron chi connectivity index (χ1n) is 9.48. The largest absolute Gasteiger partial charge is 0.489 e. The number of thiazole rings is 1. The van der Waals surface area contributed by atoms with E-state index in [-0.39, 0.29) is 18.1 Å². The summed E-state index contributed by atoms with van der Waals surface area (Å²) in [4.78, 5) is 27.9. The van der Waals surface area contributed by atoms with E-state index in [1.807, 2.05) is 54.6 Å². The van der Waals surface area contributed by atoms with Crippen LogP contribution in [-0.4, -0.2) is 23.5 Å². The van der Waals surface area contributed by atoms with Gasteiger partial charge in [0, 0.05) is 11.5 Å². The minimum Gasteiger partial charge on any atom is -0.489 e. The Balaban J connectivity index is 1.49. The molecule has 1 aromatic heterocycles. The van der Waals surface area contributed by atoms with Gasteiger partial charge in [-0.05, 0) is 36.3 Å². The number of amides is 1. The van der Waals surface area contributed by atoms with Crippen LogP contribution in [0, 0.1) is 0 Å². The zero-order chi connectivity index (χ0) is 21.2. The molecule has 7 heteroatoms. The Bertz CT molecular complexity index is 1010. The van der Waals surface area contributed by atoms with E-state index < -0.39 is 5.97 Å². The third-order valence-corrected chi connectivity index (χ3v) is 4.83. The van der Waals surface area contributed by atoms with Crippen molar-refractivity contribution in [2.75, 3.05) is 6.61 Å². The summed E-state index contributed by atoms with van der Waals surface area (Å²) >= 11 is 1.30. The van der Waals surface area contributed by atoms with Crippen molar-refractivity contribution in [3.05, 3.63) is 87.9 Å². The Morgan fingerprint density at radius 2 is 1.97 bits per heavy atom. The Labute approximate surface area is 179 Å². The number of nitrogens with one attached hydrogen (secondary N) is 1. The van der Waals surface area contributed by atoms with E-state index in [4.69, 9.17) is 9.47 Å². The van der Waals surface area contributed by atoms with Crippen molar-refractivity contribution in [1.29, 1.82) is 0 Å². The van der Waals surface area contributed by atoms with Gasteiger partial charge in [-0.25, -0.2) is 9.78 Å². The van der Waals surface area contributed by atoms with Crippen LogP contribution >= 0.6 is 11.3 Å². The Kier molecular flexibility index (Phi) is 7.74. The molecular formula is C23H22N2O4S. The van der Waals surface area contributed by atoms with Gasteiger partial charge in [-0.3, -0.25) is 4.79 Å². The summed E-state index contributed by atoms with van der Waals surface area (Å²) in [5.74, 6) is 0.0229. The summed E-state index contributed by atoms with van der Waals surface area (Å²) in [5.41, 5.74) is 2.20. The highest BCUT2D eigenvalue weighted by Gasteiger charge is 2.11. The predicted octanol–water partition coefficient (Wildman–Crippen LogP) is 4.23. The molecule has 0 bridgehead atoms. The van der Waals surface area contributed by atoms with Crippen molar-refractivity contribution in [3.8, 4) is 5.75 Å². The number of rotatable bonds is 9. The molecule has 0 saturated carbocycles. The van der Waals surface area contributed by atoms with Gasteiger partial charge in [-0.15, -0.1) is 11.3 Å². The highest BCUT2D eigenvalue weighted by Crippen LogP contribution is 2.16. The van der Waals surface area contributed by atoms with Gasteiger partial charge in [-0.1, -0.05) is 42.5 Å². The molecule has 6 nitrogen and oxygen atoms in total. The number of ether oxygens (including phenoxy) is 2. The highest BCUT2D eigenvalue weighted by molar-refractivity contribution is 7.09. The van der Waals surface area contributed by atoms with Crippen LogP contribution in [0.4, 0.5) is 0 Å². The molecule has 1 amide bonds. The zero-order valence-corrected chi connectivity index (χ0v) is 17.4. The lowest BCUT2D eigenvalue weighted by Gasteiger charge is -2.07. The molecule has 0 unspecified atom stereocenters. The Morgan fingerprint density at radius 3 is 2.77 bits per heavy atom. The van der Waals surface area contributed by atoms with E-state index in [0.29, 0.717) is 18.2 Å². The highest BCUT2D eigenvalue weighted by atomic mass is 32.1. The number of nitrogens with zero attached hydrogens (tertiary/aromatic N) is 1. The molecule has 1 heterocycles. The van der Waals surface area contributed by atoms with Gasteiger partial charge in [0.05, 0.1) is 13.2 Å². The average Bonchev–Trinajstić information content (AvgIpc) is 3.25. The number of hydrogen-bond acceptors (Lipinski definition) is 6. The number of benzene rings is 2. The maximum atomic E-state index is 12.1. The van der Waals surface area contributed by atoms with Crippen molar-refractivity contribution in [2.24, 2.45) is 0 Å². The van der Waals surface area contributed by atoms with E-state index in [2.05, 4.69) is 10.3 Å². The van der Waals surface area contributed by atoms with E-state index in [9.17, 15) is 9.59 Å². The minimum atomic E-state index is -0.458. The third-order valence-electron chi connectivity index (χ3n) is 3.98. The van der Waals surface area contributed by atoms with E-state index in [0.717, 1.165) is 16.9 Å². The van der Waals surface area contributed by atoms with Crippen LogP contribution < -0.4 is 10.1 Å². The summed E-state index contributed by atoms with van der Waals surface area (Å²) in [6, 6.07) is 17.4. The number of hydrogen-bond donors (Lipinski definition) is 1. The first-order valence-corrected chi connectivity index (χ1v) is 10.4. The van der Waals surface area contributed by atoms with Gasteiger partial charge in [0.15, 0.2) is 5.69 Å². The quantitative estimate of drug-likeness (QED) is 0.412. The predicted molar refractivity (Wildman–Crippen MR) is 116 cm³/mol. The van der Waals surface area contributed by atoms with Crippen molar-refractivity contribution in [2.45, 2.75) is 20.1 Å². The van der Waals surface area contributed by atoms with Gasteiger partial charge >= 0.3 is 5.97 Å². The molecule has 3 rings (SSSR count). The lowest BCUT2D eigenvalue weighted by atomic mass is 10.2. The molecule has 1 N–H and O–H groups in total. The molecule has 0 spiro atoms. The van der Waals surface area contributed by atoms with E-state index in [1.165, 1.54) is 17.4 Å². The summed E-state index contributed by atoms with van der Waals surface area (Å²) in [5, 5.41) is 5.01. The molecule has 30 heavy (non-hydrogen) atoms. The lowest BCUT2D eigenvalue weighted by Crippen LogP contribution is -2.20. The van der Waals surface area contributed by atoms with Gasteiger partial charge in [0.2, 0.25) is 5.91 Å². The molecule has 2 aromatic carbocycles. The summed E-state index contributed by atoms with van der Waals surface area (Å²) < 4.78 is 10.7. The normalized spacial score (nSPS) is 10.7. The van der Waals surface area contributed by atoms with Gasteiger partial charge in [0.25, 0.3) is 0 Å². The maximum absolute atomic E-state index is 12.1. The van der Waals surface area contributed by atoms with Gasteiger partial charge in [0.1, 0.15) is 17.4 Å². The molecule has 0 aliphatic rings. The molecule has 0 radical (unpaired) electrons. The average molecular weight is 423 g/mol. The molecule has 0 aliphatic heterocycles. The smallest absolute Gasteiger partial charge is 0.357 e. The van der Waals surface area contributed by atoms with Crippen LogP contribution in [0.25, 0.3) is 6.08 Å². The molecule has 154 valence electrons. The first kappa shape index (κ1) is 21.3. The second-order valence-electron chi connectivity index (χ2n) is 6.24. The second-order valence-corrected chi connectivity index (χ2v) is 7.19. The van der Waals surface area contributed by atoms with Crippen LogP contribution in [0.3, 0.4) is 0 Å². The fraction of sp³-hybridized carbons (Fsp3) is 0.174. The minimum absolute atomic E-state index is 0.244. The second kappa shape index (κ2) is 10.9. The zero-order valence-electron chi connectivity index (χ0n) is 16.5. The SMILES string of the molecule is CCOC(=O)c1csc(CNC(=O)/C=C/c2cccc(OCc3ccccc3)c2)n1. The Hall–Kier alpha value is -3.45. The fourth-order valence-electron chi connectivity index (χ4n) is 2.53. The molecule has 3 aromatic rings. The van der Waals surface area contributed by atoms with Gasteiger partial charge in [-0.2, -0.15) is 0 Å². The van der Waals surface area contributed by atoms with Crippen molar-refractivity contribution >= 4 is 29.3 Å². The maximum Gasteiger partial charge on any atom is 0.357 e. The molecule has 0 saturated heterocycles. The number of esters is 1. The summed E-state index contributed by atoms with van der Waals surface area (Å²) in [6.45, 7) is 2.76. The molecular weight excluding hydrogens is 400 g/mol. The molecule has 0 atom stereocenters. The van der Waals surface area contributed by atoms with Crippen LogP contribution in [0.1, 0.15) is 33.5 Å². The van der Waals surface area contributed by atoms with Crippen molar-refractivity contribution < 1.29 is 19.1 Å².